The standard InChI is InChI=1S/C34H40ClFN6O/c1-22-17-34(28-6-3-7-29(35)31(22)28)12-10-27-30(18-34)38-33(43-21-26-9-8-24-5-4-14-42(24)26)39-32(27)41-16-15-40(19-23(2)36)25(20-41)11-13-37/h3,6-7,17,19,24-26H,4-5,8-12,14-16,18,20-21H2,1-2H3/t24?,25-,26?,34+/m0/s1. The van der Waals surface area contributed by atoms with Crippen molar-refractivity contribution in [1.29, 1.82) is 5.26 Å². The summed E-state index contributed by atoms with van der Waals surface area (Å²) >= 11 is 6.69. The molecule has 0 N–H and O–H groups in total. The Hall–Kier alpha value is -3.15. The van der Waals surface area contributed by atoms with E-state index in [9.17, 15) is 9.65 Å². The Bertz CT molecular complexity index is 1510. The third kappa shape index (κ3) is 5.19. The fourth-order valence-corrected chi connectivity index (χ4v) is 8.84. The number of nitrogens with zero attached hydrogens (tertiary/aromatic N) is 6. The molecule has 4 heterocycles. The number of anilines is 1. The summed E-state index contributed by atoms with van der Waals surface area (Å²) in [5, 5.41) is 10.4. The molecule has 2 aliphatic carbocycles. The molecule has 5 aliphatic rings. The molecule has 2 aromatic rings. The molecular weight excluding hydrogens is 563 g/mol. The molecule has 3 fully saturated rings. The summed E-state index contributed by atoms with van der Waals surface area (Å²) < 4.78 is 20.3. The molecule has 0 saturated carbocycles. The van der Waals surface area contributed by atoms with Gasteiger partial charge >= 0.3 is 6.01 Å². The third-order valence-electron chi connectivity index (χ3n) is 10.4. The van der Waals surface area contributed by atoms with Gasteiger partial charge in [0.25, 0.3) is 0 Å². The van der Waals surface area contributed by atoms with Gasteiger partial charge in [0.2, 0.25) is 0 Å². The normalized spacial score (nSPS) is 28.5. The zero-order valence-electron chi connectivity index (χ0n) is 25.2. The van der Waals surface area contributed by atoms with Crippen LogP contribution in [0, 0.1) is 11.3 Å². The summed E-state index contributed by atoms with van der Waals surface area (Å²) in [5.41, 5.74) is 5.72. The highest BCUT2D eigenvalue weighted by molar-refractivity contribution is 6.32. The van der Waals surface area contributed by atoms with Crippen LogP contribution >= 0.6 is 11.6 Å². The van der Waals surface area contributed by atoms with E-state index in [0.717, 1.165) is 54.3 Å². The van der Waals surface area contributed by atoms with Crippen LogP contribution in [-0.4, -0.2) is 70.7 Å². The summed E-state index contributed by atoms with van der Waals surface area (Å²) in [5.74, 6) is 0.665. The molecule has 43 heavy (non-hydrogen) atoms. The molecule has 1 aromatic carbocycles. The van der Waals surface area contributed by atoms with Gasteiger partial charge in [0.1, 0.15) is 18.3 Å². The van der Waals surface area contributed by atoms with Crippen molar-refractivity contribution in [1.82, 2.24) is 19.8 Å². The van der Waals surface area contributed by atoms with Crippen molar-refractivity contribution in [3.63, 3.8) is 0 Å². The third-order valence-corrected chi connectivity index (χ3v) is 10.7. The van der Waals surface area contributed by atoms with Crippen LogP contribution in [0.5, 0.6) is 6.01 Å². The van der Waals surface area contributed by atoms with Gasteiger partial charge in [-0.1, -0.05) is 29.8 Å². The Morgan fingerprint density at radius 2 is 2.09 bits per heavy atom. The average molecular weight is 603 g/mol. The SMILES string of the molecule is CC(F)=CN1CCN(c2nc(OCC3CCC4CCCN43)nc3c2CC[C@@]2(C=C(C)c4c(Cl)cccc42)C3)C[C@@H]1CC#N. The fourth-order valence-electron chi connectivity index (χ4n) is 8.51. The van der Waals surface area contributed by atoms with E-state index < -0.39 is 0 Å². The lowest BCUT2D eigenvalue weighted by atomic mass is 9.70. The molecule has 7 rings (SSSR count). The van der Waals surface area contributed by atoms with Gasteiger partial charge in [-0.15, -0.1) is 0 Å². The van der Waals surface area contributed by atoms with Crippen LogP contribution in [-0.2, 0) is 18.3 Å². The van der Waals surface area contributed by atoms with Gasteiger partial charge in [-0.3, -0.25) is 4.90 Å². The number of nitriles is 1. The van der Waals surface area contributed by atoms with E-state index in [0.29, 0.717) is 50.8 Å². The summed E-state index contributed by atoms with van der Waals surface area (Å²) in [4.78, 5) is 17.0. The van der Waals surface area contributed by atoms with Crippen molar-refractivity contribution < 1.29 is 9.13 Å². The Morgan fingerprint density at radius 3 is 2.93 bits per heavy atom. The first-order chi connectivity index (χ1) is 20.8. The van der Waals surface area contributed by atoms with Gasteiger partial charge in [0.05, 0.1) is 24.2 Å². The number of rotatable bonds is 6. The van der Waals surface area contributed by atoms with E-state index in [-0.39, 0.29) is 17.3 Å². The second kappa shape index (κ2) is 11.4. The largest absolute Gasteiger partial charge is 0.462 e. The molecule has 1 aromatic heterocycles. The second-order valence-electron chi connectivity index (χ2n) is 13.1. The highest BCUT2D eigenvalue weighted by Crippen LogP contribution is 2.51. The van der Waals surface area contributed by atoms with Crippen molar-refractivity contribution in [2.45, 2.75) is 88.8 Å². The van der Waals surface area contributed by atoms with Gasteiger partial charge in [-0.05, 0) is 81.7 Å². The lowest BCUT2D eigenvalue weighted by Crippen LogP contribution is -2.51. The summed E-state index contributed by atoms with van der Waals surface area (Å²) in [6, 6.07) is 10.0. The number of allylic oxidation sites excluding steroid dienone is 3. The van der Waals surface area contributed by atoms with Crippen molar-refractivity contribution in [3.8, 4) is 12.1 Å². The van der Waals surface area contributed by atoms with Crippen molar-refractivity contribution in [2.24, 2.45) is 0 Å². The lowest BCUT2D eigenvalue weighted by molar-refractivity contribution is 0.160. The van der Waals surface area contributed by atoms with Crippen LogP contribution in [0.4, 0.5) is 10.2 Å². The fraction of sp³-hybridized carbons (Fsp3) is 0.559. The molecule has 0 amide bonds. The van der Waals surface area contributed by atoms with Crippen LogP contribution < -0.4 is 9.64 Å². The molecule has 2 unspecified atom stereocenters. The average Bonchev–Trinajstić information content (AvgIpc) is 3.67. The Morgan fingerprint density at radius 1 is 1.21 bits per heavy atom. The maximum Gasteiger partial charge on any atom is 0.318 e. The highest BCUT2D eigenvalue weighted by atomic mass is 35.5. The predicted octanol–water partition coefficient (Wildman–Crippen LogP) is 6.21. The van der Waals surface area contributed by atoms with Crippen molar-refractivity contribution >= 4 is 23.0 Å². The quantitative estimate of drug-likeness (QED) is 0.389. The second-order valence-corrected chi connectivity index (χ2v) is 13.5. The topological polar surface area (TPSA) is 68.5 Å². The predicted molar refractivity (Wildman–Crippen MR) is 167 cm³/mol. The van der Waals surface area contributed by atoms with Gasteiger partial charge in [0, 0.05) is 60.3 Å². The van der Waals surface area contributed by atoms with E-state index in [4.69, 9.17) is 26.3 Å². The van der Waals surface area contributed by atoms with Crippen LogP contribution in [0.25, 0.3) is 5.57 Å². The molecule has 226 valence electrons. The minimum Gasteiger partial charge on any atom is -0.462 e. The first-order valence-corrected chi connectivity index (χ1v) is 16.2. The van der Waals surface area contributed by atoms with Crippen LogP contribution in [0.15, 0.2) is 36.3 Å². The molecule has 3 saturated heterocycles. The lowest BCUT2D eigenvalue weighted by Gasteiger charge is -2.42. The first kappa shape index (κ1) is 28.6. The summed E-state index contributed by atoms with van der Waals surface area (Å²) in [7, 11) is 0. The minimum absolute atomic E-state index is 0.116. The summed E-state index contributed by atoms with van der Waals surface area (Å²) in [6.07, 6.45) is 11.8. The molecule has 7 nitrogen and oxygen atoms in total. The first-order valence-electron chi connectivity index (χ1n) is 15.8. The maximum absolute atomic E-state index is 13.9. The van der Waals surface area contributed by atoms with Crippen LogP contribution in [0.3, 0.4) is 0 Å². The highest BCUT2D eigenvalue weighted by Gasteiger charge is 2.43. The molecule has 3 aliphatic heterocycles. The number of hydrogen-bond donors (Lipinski definition) is 0. The molecule has 9 heteroatoms. The summed E-state index contributed by atoms with van der Waals surface area (Å²) in [6.45, 7) is 7.28. The van der Waals surface area contributed by atoms with E-state index >= 15 is 0 Å². The van der Waals surface area contributed by atoms with E-state index in [1.807, 2.05) is 11.0 Å². The number of halogens is 2. The number of ether oxygens (including phenoxy) is 1. The zero-order valence-corrected chi connectivity index (χ0v) is 25.9. The van der Waals surface area contributed by atoms with E-state index in [1.165, 1.54) is 49.1 Å². The van der Waals surface area contributed by atoms with Crippen LogP contribution in [0.1, 0.15) is 74.8 Å². The Kier molecular flexibility index (Phi) is 7.59. The number of piperazine rings is 1. The number of fused-ring (bicyclic) bond motifs is 4. The van der Waals surface area contributed by atoms with E-state index in [1.54, 1.807) is 0 Å². The van der Waals surface area contributed by atoms with Gasteiger partial charge in [0.15, 0.2) is 0 Å². The maximum atomic E-state index is 13.9. The minimum atomic E-state index is -0.246. The number of aromatic nitrogens is 2. The van der Waals surface area contributed by atoms with Crippen LogP contribution in [0.2, 0.25) is 5.02 Å². The van der Waals surface area contributed by atoms with Gasteiger partial charge < -0.3 is 14.5 Å². The molecule has 0 radical (unpaired) electrons. The van der Waals surface area contributed by atoms with Gasteiger partial charge in [-0.2, -0.15) is 15.2 Å². The van der Waals surface area contributed by atoms with Crippen molar-refractivity contribution in [3.05, 3.63) is 63.7 Å². The molecule has 4 atom stereocenters. The zero-order chi connectivity index (χ0) is 29.7. The monoisotopic (exact) mass is 602 g/mol. The molecular formula is C34H40ClFN6O. The Balaban J connectivity index is 1.22. The molecule has 0 bridgehead atoms. The Labute approximate surface area is 259 Å². The van der Waals surface area contributed by atoms with Crippen molar-refractivity contribution in [2.75, 3.05) is 37.7 Å². The van der Waals surface area contributed by atoms with E-state index in [2.05, 4.69) is 41.0 Å². The van der Waals surface area contributed by atoms with Gasteiger partial charge in [-0.25, -0.2) is 4.39 Å². The molecule has 1 spiro atoms. The number of benzene rings is 1. The number of hydrogen-bond acceptors (Lipinski definition) is 7. The smallest absolute Gasteiger partial charge is 0.318 e.